The molecule has 0 spiro atoms. The Morgan fingerprint density at radius 3 is 1.86 bits per heavy atom. The van der Waals surface area contributed by atoms with Crippen LogP contribution in [0.3, 0.4) is 0 Å². The average molecular weight is 537 g/mol. The maximum atomic E-state index is 10.3. The first-order chi connectivity index (χ1) is 17.3. The maximum absolute atomic E-state index is 10.3. The van der Waals surface area contributed by atoms with Gasteiger partial charge in [0.2, 0.25) is 0 Å². The number of aliphatic hydroxyl groups is 8. The molecule has 2 saturated heterocycles. The summed E-state index contributed by atoms with van der Waals surface area (Å²) in [4.78, 5) is 0. The molecule has 0 aromatic carbocycles. The third-order valence-corrected chi connectivity index (χ3v) is 7.87. The summed E-state index contributed by atoms with van der Waals surface area (Å²) in [7, 11) is 0. The molecule has 37 heavy (non-hydrogen) atoms. The summed E-state index contributed by atoms with van der Waals surface area (Å²) in [5.74, 6) is 0.261. The highest BCUT2D eigenvalue weighted by Gasteiger charge is 2.48. The largest absolute Gasteiger partial charge is 0.394 e. The molecule has 2 aliphatic heterocycles. The highest BCUT2D eigenvalue weighted by molar-refractivity contribution is 5.04. The minimum Gasteiger partial charge on any atom is -0.394 e. The van der Waals surface area contributed by atoms with Crippen LogP contribution in [0.2, 0.25) is 0 Å². The number of aliphatic hydroxyl groups excluding tert-OH is 8. The van der Waals surface area contributed by atoms with Crippen LogP contribution in [-0.4, -0.2) is 128 Å². The lowest BCUT2D eigenvalue weighted by molar-refractivity contribution is -0.316. The fourth-order valence-corrected chi connectivity index (χ4v) is 5.77. The van der Waals surface area contributed by atoms with E-state index >= 15 is 0 Å². The Labute approximate surface area is 217 Å². The van der Waals surface area contributed by atoms with Crippen LogP contribution in [0, 0.1) is 17.3 Å². The summed E-state index contributed by atoms with van der Waals surface area (Å²) in [6, 6.07) is 0. The van der Waals surface area contributed by atoms with Gasteiger partial charge < -0.3 is 59.8 Å². The summed E-state index contributed by atoms with van der Waals surface area (Å²) < 4.78 is 22.7. The Morgan fingerprint density at radius 1 is 0.838 bits per heavy atom. The minimum atomic E-state index is -1.51. The molecule has 14 atom stereocenters. The van der Waals surface area contributed by atoms with E-state index in [9.17, 15) is 40.9 Å². The Morgan fingerprint density at radius 2 is 1.35 bits per heavy atom. The zero-order chi connectivity index (χ0) is 27.7. The maximum Gasteiger partial charge on any atom is 0.187 e. The van der Waals surface area contributed by atoms with Crippen LogP contribution in [0.25, 0.3) is 0 Å². The van der Waals surface area contributed by atoms with Crippen molar-refractivity contribution in [1.29, 1.82) is 0 Å². The molecule has 3 rings (SSSR count). The van der Waals surface area contributed by atoms with Crippen molar-refractivity contribution in [2.75, 3.05) is 13.2 Å². The van der Waals surface area contributed by atoms with Gasteiger partial charge in [-0.15, -0.1) is 0 Å². The smallest absolute Gasteiger partial charge is 0.187 e. The zero-order valence-corrected chi connectivity index (χ0v) is 21.8. The molecule has 3 aliphatic rings. The highest BCUT2D eigenvalue weighted by Crippen LogP contribution is 2.46. The second-order valence-electron chi connectivity index (χ2n) is 11.3. The lowest BCUT2D eigenvalue weighted by Gasteiger charge is -2.47. The summed E-state index contributed by atoms with van der Waals surface area (Å²) in [6.45, 7) is 6.95. The van der Waals surface area contributed by atoms with Gasteiger partial charge in [0.1, 0.15) is 48.8 Å². The molecule has 1 aliphatic carbocycles. The van der Waals surface area contributed by atoms with Crippen molar-refractivity contribution in [3.05, 3.63) is 12.2 Å². The fourth-order valence-electron chi connectivity index (χ4n) is 5.77. The van der Waals surface area contributed by atoms with Crippen LogP contribution in [0.1, 0.15) is 40.5 Å². The first-order valence-electron chi connectivity index (χ1n) is 12.9. The van der Waals surface area contributed by atoms with E-state index in [1.54, 1.807) is 6.92 Å². The topological polar surface area (TPSA) is 199 Å². The quantitative estimate of drug-likeness (QED) is 0.159. The second-order valence-corrected chi connectivity index (χ2v) is 11.3. The summed E-state index contributed by atoms with van der Waals surface area (Å²) in [5, 5.41) is 79.2. The van der Waals surface area contributed by atoms with Gasteiger partial charge in [-0.2, -0.15) is 0 Å². The van der Waals surface area contributed by atoms with Crippen LogP contribution in [0.5, 0.6) is 0 Å². The van der Waals surface area contributed by atoms with E-state index in [2.05, 4.69) is 20.8 Å². The van der Waals surface area contributed by atoms with Crippen molar-refractivity contribution >= 4 is 0 Å². The van der Waals surface area contributed by atoms with Gasteiger partial charge in [0.15, 0.2) is 12.6 Å². The molecule has 0 aromatic heterocycles. The number of hydrogen-bond donors (Lipinski definition) is 8. The number of allylic oxidation sites excluding steroid dienone is 1. The van der Waals surface area contributed by atoms with Crippen LogP contribution in [-0.2, 0) is 18.9 Å². The molecule has 8 N–H and O–H groups in total. The Bertz CT molecular complexity index is 745. The first kappa shape index (κ1) is 30.8. The molecule has 3 fully saturated rings. The molecule has 0 radical (unpaired) electrons. The Hall–Kier alpha value is -0.740. The average Bonchev–Trinajstić information content (AvgIpc) is 2.83. The third kappa shape index (κ3) is 6.89. The predicted molar refractivity (Wildman–Crippen MR) is 128 cm³/mol. The lowest BCUT2D eigenvalue weighted by Crippen LogP contribution is -2.60. The van der Waals surface area contributed by atoms with Gasteiger partial charge >= 0.3 is 0 Å². The van der Waals surface area contributed by atoms with E-state index in [1.165, 1.54) is 0 Å². The van der Waals surface area contributed by atoms with E-state index in [1.807, 2.05) is 12.2 Å². The molecule has 12 nitrogen and oxygen atoms in total. The van der Waals surface area contributed by atoms with Crippen molar-refractivity contribution in [2.24, 2.45) is 17.3 Å². The molecular formula is C25H44O12. The van der Waals surface area contributed by atoms with Gasteiger partial charge in [0.25, 0.3) is 0 Å². The third-order valence-electron chi connectivity index (χ3n) is 7.87. The van der Waals surface area contributed by atoms with E-state index in [4.69, 9.17) is 18.9 Å². The molecule has 1 saturated carbocycles. The van der Waals surface area contributed by atoms with Crippen molar-refractivity contribution < 1.29 is 59.8 Å². The van der Waals surface area contributed by atoms with Crippen molar-refractivity contribution in [1.82, 2.24) is 0 Å². The van der Waals surface area contributed by atoms with Crippen molar-refractivity contribution in [2.45, 2.75) is 114 Å². The second kappa shape index (κ2) is 12.6. The minimum absolute atomic E-state index is 0.114. The number of hydrogen-bond acceptors (Lipinski definition) is 12. The SMILES string of the molecule is C[C@H](/C=C/[C@H]1[C@H](C)C[C@H](O[C@@H]2O[C@H](CO)[C@@H](O)[C@H](O)[C@H]2O)CC1(C)C)O[C@@H]1O[C@H](CO)[C@@H](O)[C@H](O)[C@H]1O. The molecule has 12 heteroatoms. The molecule has 0 amide bonds. The fraction of sp³-hybridized carbons (Fsp3) is 0.920. The van der Waals surface area contributed by atoms with Crippen molar-refractivity contribution in [3.8, 4) is 0 Å². The van der Waals surface area contributed by atoms with Crippen LogP contribution in [0.4, 0.5) is 0 Å². The van der Waals surface area contributed by atoms with E-state index in [0.717, 1.165) is 0 Å². The number of ether oxygens (including phenoxy) is 4. The first-order valence-corrected chi connectivity index (χ1v) is 12.9. The van der Waals surface area contributed by atoms with E-state index in [0.29, 0.717) is 12.8 Å². The van der Waals surface area contributed by atoms with Gasteiger partial charge in [0, 0.05) is 0 Å². The summed E-state index contributed by atoms with van der Waals surface area (Å²) in [5.41, 5.74) is -0.240. The predicted octanol–water partition coefficient (Wildman–Crippen LogP) is -1.99. The zero-order valence-electron chi connectivity index (χ0n) is 21.8. The molecule has 2 heterocycles. The van der Waals surface area contributed by atoms with Crippen LogP contribution < -0.4 is 0 Å². The molecule has 216 valence electrons. The van der Waals surface area contributed by atoms with Gasteiger partial charge in [-0.3, -0.25) is 0 Å². The highest BCUT2D eigenvalue weighted by atomic mass is 16.7. The standard InChI is InChI=1S/C25H44O12/c1-11-7-13(35-24-22(33)20(31)18(29)16(10-27)37-24)8-25(3,4)14(11)6-5-12(2)34-23-21(32)19(30)17(28)15(9-26)36-23/h5-6,11-24,26-33H,7-10H2,1-4H3/b6-5+/t11-,12-,13+,14+,15-,16-,17-,18-,19+,20+,21-,22-,23-,24-/m1/s1. The summed E-state index contributed by atoms with van der Waals surface area (Å²) >= 11 is 0. The normalized spacial score (nSPS) is 47.7. The summed E-state index contributed by atoms with van der Waals surface area (Å²) in [6.07, 6.45) is -8.97. The van der Waals surface area contributed by atoms with Crippen LogP contribution in [0.15, 0.2) is 12.2 Å². The van der Waals surface area contributed by atoms with Crippen LogP contribution >= 0.6 is 0 Å². The van der Waals surface area contributed by atoms with E-state index < -0.39 is 80.7 Å². The van der Waals surface area contributed by atoms with Gasteiger partial charge in [-0.25, -0.2) is 0 Å². The Kier molecular flexibility index (Phi) is 10.5. The monoisotopic (exact) mass is 536 g/mol. The van der Waals surface area contributed by atoms with Gasteiger partial charge in [0.05, 0.1) is 25.4 Å². The Balaban J connectivity index is 1.59. The van der Waals surface area contributed by atoms with Crippen molar-refractivity contribution in [3.63, 3.8) is 0 Å². The van der Waals surface area contributed by atoms with Gasteiger partial charge in [-0.1, -0.05) is 32.9 Å². The molecular weight excluding hydrogens is 492 g/mol. The molecule has 0 bridgehead atoms. The van der Waals surface area contributed by atoms with E-state index in [-0.39, 0.29) is 23.4 Å². The number of rotatable bonds is 8. The molecule has 0 aromatic rings. The van der Waals surface area contributed by atoms with Gasteiger partial charge in [-0.05, 0) is 37.0 Å². The lowest BCUT2D eigenvalue weighted by atomic mass is 9.63. The molecule has 0 unspecified atom stereocenters.